The molecule has 0 aliphatic heterocycles. The van der Waals surface area contributed by atoms with Crippen LogP contribution in [-0.4, -0.2) is 46.0 Å². The number of rotatable bonds is 9. The first-order valence-corrected chi connectivity index (χ1v) is 7.42. The molecule has 18 heavy (non-hydrogen) atoms. The third-order valence-corrected chi connectivity index (χ3v) is 3.81. The van der Waals surface area contributed by atoms with Crippen molar-refractivity contribution >= 4 is 21.6 Å². The van der Waals surface area contributed by atoms with E-state index in [1.165, 1.54) is 7.11 Å². The number of nitrogens with one attached hydrogen (secondary N) is 1. The van der Waals surface area contributed by atoms with E-state index in [2.05, 4.69) is 4.72 Å². The minimum absolute atomic E-state index is 0.0892. The van der Waals surface area contributed by atoms with Gasteiger partial charge in [-0.05, 0) is 12.8 Å². The Morgan fingerprint density at radius 3 is 2.50 bits per heavy atom. The Bertz CT molecular complexity index is 322. The van der Waals surface area contributed by atoms with E-state index in [1.54, 1.807) is 0 Å². The summed E-state index contributed by atoms with van der Waals surface area (Å²) >= 11 is 5.77. The van der Waals surface area contributed by atoms with E-state index in [-0.39, 0.29) is 18.5 Å². The third kappa shape index (κ3) is 11.1. The molecule has 0 rings (SSSR count). The molecule has 0 aliphatic carbocycles. The highest BCUT2D eigenvalue weighted by Crippen LogP contribution is 2.21. The zero-order chi connectivity index (χ0) is 14.2. The fraction of sp³-hybridized carbons (Fsp3) is 1.00. The highest BCUT2D eigenvalue weighted by molar-refractivity contribution is 7.89. The van der Waals surface area contributed by atoms with Crippen molar-refractivity contribution in [3.8, 4) is 0 Å². The molecule has 4 nitrogen and oxygen atoms in total. The molecule has 0 amide bonds. The van der Waals surface area contributed by atoms with Gasteiger partial charge in [0.05, 0.1) is 17.7 Å². The normalized spacial score (nSPS) is 14.7. The highest BCUT2D eigenvalue weighted by atomic mass is 35.5. The van der Waals surface area contributed by atoms with Crippen LogP contribution in [0.2, 0.25) is 0 Å². The number of hydrogen-bond donors (Lipinski definition) is 1. The van der Waals surface area contributed by atoms with Crippen LogP contribution in [0.5, 0.6) is 0 Å². The second kappa shape index (κ2) is 8.19. The number of halogens is 4. The van der Waals surface area contributed by atoms with Gasteiger partial charge in [0, 0.05) is 20.1 Å². The van der Waals surface area contributed by atoms with E-state index in [0.29, 0.717) is 6.42 Å². The molecule has 0 saturated heterocycles. The lowest BCUT2D eigenvalue weighted by molar-refractivity contribution is -0.134. The standard InChI is InChI=1S/C9H17ClF3NO3S/c1-17-7-8(10)3-5-14-18(15,16)6-2-4-9(11,12)13/h8,14H,2-7H2,1H3. The van der Waals surface area contributed by atoms with Crippen molar-refractivity contribution in [2.45, 2.75) is 30.8 Å². The maximum atomic E-state index is 11.8. The van der Waals surface area contributed by atoms with Crippen molar-refractivity contribution in [2.24, 2.45) is 0 Å². The van der Waals surface area contributed by atoms with Crippen LogP contribution < -0.4 is 4.72 Å². The van der Waals surface area contributed by atoms with Gasteiger partial charge in [-0.3, -0.25) is 0 Å². The molecule has 0 saturated carbocycles. The van der Waals surface area contributed by atoms with E-state index >= 15 is 0 Å². The first-order valence-electron chi connectivity index (χ1n) is 5.33. The largest absolute Gasteiger partial charge is 0.389 e. The average Bonchev–Trinajstić information content (AvgIpc) is 2.14. The van der Waals surface area contributed by atoms with Gasteiger partial charge in [0.15, 0.2) is 0 Å². The van der Waals surface area contributed by atoms with Gasteiger partial charge in [-0.2, -0.15) is 13.2 Å². The Morgan fingerprint density at radius 1 is 1.39 bits per heavy atom. The predicted octanol–water partition coefficient (Wildman–Crippen LogP) is 1.89. The first-order chi connectivity index (χ1) is 8.16. The van der Waals surface area contributed by atoms with Crippen molar-refractivity contribution in [2.75, 3.05) is 26.0 Å². The molecule has 1 unspecified atom stereocenters. The van der Waals surface area contributed by atoms with Gasteiger partial charge >= 0.3 is 6.18 Å². The average molecular weight is 312 g/mol. The molecule has 0 aromatic carbocycles. The van der Waals surface area contributed by atoms with Crippen LogP contribution in [0.4, 0.5) is 13.2 Å². The fourth-order valence-electron chi connectivity index (χ4n) is 1.17. The Kier molecular flexibility index (Phi) is 8.16. The van der Waals surface area contributed by atoms with E-state index in [4.69, 9.17) is 16.3 Å². The number of hydrogen-bond acceptors (Lipinski definition) is 3. The fourth-order valence-corrected chi connectivity index (χ4v) is 2.50. The van der Waals surface area contributed by atoms with Crippen molar-refractivity contribution in [1.82, 2.24) is 4.72 Å². The molecular weight excluding hydrogens is 295 g/mol. The zero-order valence-corrected chi connectivity index (χ0v) is 11.5. The van der Waals surface area contributed by atoms with Crippen LogP contribution in [0.1, 0.15) is 19.3 Å². The van der Waals surface area contributed by atoms with Crippen LogP contribution in [0.3, 0.4) is 0 Å². The third-order valence-electron chi connectivity index (χ3n) is 2.00. The smallest absolute Gasteiger partial charge is 0.383 e. The summed E-state index contributed by atoms with van der Waals surface area (Å²) in [7, 11) is -2.20. The topological polar surface area (TPSA) is 55.4 Å². The lowest BCUT2D eigenvalue weighted by Gasteiger charge is -2.10. The van der Waals surface area contributed by atoms with Crippen LogP contribution in [-0.2, 0) is 14.8 Å². The lowest BCUT2D eigenvalue weighted by Crippen LogP contribution is -2.29. The van der Waals surface area contributed by atoms with Crippen molar-refractivity contribution in [3.63, 3.8) is 0 Å². The number of methoxy groups -OCH3 is 1. The van der Waals surface area contributed by atoms with Gasteiger partial charge in [-0.25, -0.2) is 13.1 Å². The predicted molar refractivity (Wildman–Crippen MR) is 63.2 cm³/mol. The molecule has 0 aliphatic rings. The van der Waals surface area contributed by atoms with E-state index < -0.39 is 34.8 Å². The summed E-state index contributed by atoms with van der Waals surface area (Å²) in [5.74, 6) is -0.538. The Labute approximate surface area is 110 Å². The summed E-state index contributed by atoms with van der Waals surface area (Å²) in [5, 5.41) is -0.326. The number of alkyl halides is 4. The molecule has 0 aromatic heterocycles. The van der Waals surface area contributed by atoms with E-state index in [1.807, 2.05) is 0 Å². The second-order valence-corrected chi connectivity index (χ2v) is 6.32. The molecule has 0 heterocycles. The first kappa shape index (κ1) is 17.9. The minimum atomic E-state index is -4.32. The van der Waals surface area contributed by atoms with Crippen LogP contribution in [0.25, 0.3) is 0 Å². The number of ether oxygens (including phenoxy) is 1. The summed E-state index contributed by atoms with van der Waals surface area (Å²) in [4.78, 5) is 0. The highest BCUT2D eigenvalue weighted by Gasteiger charge is 2.27. The minimum Gasteiger partial charge on any atom is -0.383 e. The Hall–Kier alpha value is -0.0500. The molecule has 9 heteroatoms. The van der Waals surface area contributed by atoms with Crippen molar-refractivity contribution < 1.29 is 26.3 Å². The van der Waals surface area contributed by atoms with Gasteiger partial charge in [0.2, 0.25) is 10.0 Å². The van der Waals surface area contributed by atoms with Crippen molar-refractivity contribution in [1.29, 1.82) is 0 Å². The van der Waals surface area contributed by atoms with Gasteiger partial charge in [-0.15, -0.1) is 11.6 Å². The molecule has 0 bridgehead atoms. The quantitative estimate of drug-likeness (QED) is 0.662. The number of sulfonamides is 1. The Balaban J connectivity index is 3.81. The molecule has 1 atom stereocenters. The maximum absolute atomic E-state index is 11.8. The van der Waals surface area contributed by atoms with Gasteiger partial charge in [0.25, 0.3) is 0 Å². The summed E-state index contributed by atoms with van der Waals surface area (Å²) in [5.41, 5.74) is 0. The van der Waals surface area contributed by atoms with Crippen LogP contribution in [0, 0.1) is 0 Å². The molecule has 0 aromatic rings. The van der Waals surface area contributed by atoms with Gasteiger partial charge in [0.1, 0.15) is 0 Å². The summed E-state index contributed by atoms with van der Waals surface area (Å²) in [6.07, 6.45) is -5.51. The summed E-state index contributed by atoms with van der Waals surface area (Å²) < 4.78 is 65.0. The van der Waals surface area contributed by atoms with E-state index in [0.717, 1.165) is 0 Å². The molecule has 0 radical (unpaired) electrons. The van der Waals surface area contributed by atoms with Gasteiger partial charge in [-0.1, -0.05) is 0 Å². The summed E-state index contributed by atoms with van der Waals surface area (Å²) in [6.45, 7) is 0.378. The van der Waals surface area contributed by atoms with Crippen LogP contribution in [0.15, 0.2) is 0 Å². The SMILES string of the molecule is COCC(Cl)CCNS(=O)(=O)CCCC(F)(F)F. The van der Waals surface area contributed by atoms with Crippen LogP contribution >= 0.6 is 11.6 Å². The molecule has 110 valence electrons. The van der Waals surface area contributed by atoms with Gasteiger partial charge < -0.3 is 4.74 Å². The second-order valence-electron chi connectivity index (χ2n) is 3.77. The van der Waals surface area contributed by atoms with E-state index in [9.17, 15) is 21.6 Å². The zero-order valence-electron chi connectivity index (χ0n) is 9.96. The molecule has 1 N–H and O–H groups in total. The Morgan fingerprint density at radius 2 is 2.00 bits per heavy atom. The maximum Gasteiger partial charge on any atom is 0.389 e. The molecular formula is C9H17ClF3NO3S. The summed E-state index contributed by atoms with van der Waals surface area (Å²) in [6, 6.07) is 0. The monoisotopic (exact) mass is 311 g/mol. The molecule has 0 spiro atoms. The lowest BCUT2D eigenvalue weighted by atomic mass is 10.3. The van der Waals surface area contributed by atoms with Crippen molar-refractivity contribution in [3.05, 3.63) is 0 Å². The molecule has 0 fully saturated rings.